The molecule has 2 unspecified atom stereocenters. The fraction of sp³-hybridized carbons (Fsp3) is 0.407. The number of hydrogen-bond donors (Lipinski definition) is 1. The maximum absolute atomic E-state index is 13.2. The Labute approximate surface area is 195 Å². The smallest absolute Gasteiger partial charge is 0.411 e. The molecule has 2 heterocycles. The molecule has 1 fully saturated rings. The summed E-state index contributed by atoms with van der Waals surface area (Å²) in [4.78, 5) is 15.0. The number of nitrogens with zero attached hydrogens (tertiary/aromatic N) is 2. The van der Waals surface area contributed by atoms with Crippen LogP contribution in [0.1, 0.15) is 62.2 Å². The van der Waals surface area contributed by atoms with E-state index in [9.17, 15) is 9.90 Å². The van der Waals surface area contributed by atoms with E-state index in [0.717, 1.165) is 33.7 Å². The summed E-state index contributed by atoms with van der Waals surface area (Å²) in [6, 6.07) is 17.7. The Bertz CT molecular complexity index is 1100. The van der Waals surface area contributed by atoms with Gasteiger partial charge < -0.3 is 19.3 Å². The zero-order chi connectivity index (χ0) is 23.8. The first-order valence-corrected chi connectivity index (χ1v) is 11.4. The van der Waals surface area contributed by atoms with Gasteiger partial charge in [-0.25, -0.2) is 4.79 Å². The van der Waals surface area contributed by atoms with Crippen LogP contribution in [0.5, 0.6) is 0 Å². The number of carbonyl (C=O) groups is 1. The summed E-state index contributed by atoms with van der Waals surface area (Å²) in [6.07, 6.45) is 0.579. The molecule has 1 N–H and O–H groups in total. The van der Waals surface area contributed by atoms with Gasteiger partial charge in [0, 0.05) is 24.9 Å². The number of hydrogen-bond acceptors (Lipinski definition) is 5. The number of cyclic esters (lactones) is 1. The first-order valence-electron chi connectivity index (χ1n) is 11.4. The maximum Gasteiger partial charge on any atom is 0.411 e. The summed E-state index contributed by atoms with van der Waals surface area (Å²) in [5, 5.41) is 14.6. The highest BCUT2D eigenvalue weighted by Crippen LogP contribution is 2.42. The molecule has 6 heteroatoms. The Kier molecular flexibility index (Phi) is 6.06. The average molecular weight is 449 g/mol. The average Bonchev–Trinajstić information content (AvgIpc) is 3.11. The fourth-order valence-electron chi connectivity index (χ4n) is 4.89. The fourth-order valence-corrected chi connectivity index (χ4v) is 4.89. The van der Waals surface area contributed by atoms with Gasteiger partial charge in [0.1, 0.15) is 11.4 Å². The highest BCUT2D eigenvalue weighted by atomic mass is 16.6. The van der Waals surface area contributed by atoms with Gasteiger partial charge in [0.2, 0.25) is 0 Å². The molecule has 174 valence electrons. The molecule has 1 aliphatic rings. The van der Waals surface area contributed by atoms with E-state index in [1.54, 1.807) is 18.7 Å². The minimum Gasteiger partial charge on any atom is -0.438 e. The molecule has 0 spiro atoms. The lowest BCUT2D eigenvalue weighted by atomic mass is 9.80. The third-order valence-corrected chi connectivity index (χ3v) is 6.47. The Morgan fingerprint density at radius 1 is 1.12 bits per heavy atom. The van der Waals surface area contributed by atoms with Crippen molar-refractivity contribution in [3.8, 4) is 11.1 Å². The Hall–Kier alpha value is -3.12. The Morgan fingerprint density at radius 2 is 1.79 bits per heavy atom. The SMILES string of the molecule is Cc1noc(C)c1-c1ccc(C(C)N2CCC(CC(C)(C)O)(c3ccccc3)OC2=O)cc1. The second-order valence-corrected chi connectivity index (χ2v) is 9.66. The topological polar surface area (TPSA) is 75.8 Å². The van der Waals surface area contributed by atoms with Crippen LogP contribution in [0.3, 0.4) is 0 Å². The summed E-state index contributed by atoms with van der Waals surface area (Å²) in [6.45, 7) is 9.89. The van der Waals surface area contributed by atoms with Crippen LogP contribution in [-0.4, -0.2) is 33.4 Å². The van der Waals surface area contributed by atoms with Gasteiger partial charge in [0.05, 0.1) is 17.3 Å². The second-order valence-electron chi connectivity index (χ2n) is 9.66. The van der Waals surface area contributed by atoms with Gasteiger partial charge in [-0.2, -0.15) is 0 Å². The molecule has 2 aromatic carbocycles. The van der Waals surface area contributed by atoms with Gasteiger partial charge in [-0.15, -0.1) is 0 Å². The van der Waals surface area contributed by atoms with E-state index < -0.39 is 11.2 Å². The molecule has 33 heavy (non-hydrogen) atoms. The van der Waals surface area contributed by atoms with E-state index in [4.69, 9.17) is 9.26 Å². The quantitative estimate of drug-likeness (QED) is 0.507. The summed E-state index contributed by atoms with van der Waals surface area (Å²) in [5.74, 6) is 0.789. The molecule has 3 aromatic rings. The van der Waals surface area contributed by atoms with Gasteiger partial charge >= 0.3 is 6.09 Å². The molecule has 0 radical (unpaired) electrons. The molecule has 1 amide bonds. The summed E-state index contributed by atoms with van der Waals surface area (Å²) < 4.78 is 11.4. The zero-order valence-corrected chi connectivity index (χ0v) is 20.0. The minimum absolute atomic E-state index is 0.146. The molecule has 1 aromatic heterocycles. The van der Waals surface area contributed by atoms with E-state index in [1.807, 2.05) is 75.4 Å². The molecule has 0 saturated carbocycles. The number of aromatic nitrogens is 1. The van der Waals surface area contributed by atoms with Crippen molar-refractivity contribution in [1.82, 2.24) is 10.1 Å². The van der Waals surface area contributed by atoms with Crippen molar-refractivity contribution in [2.75, 3.05) is 6.54 Å². The minimum atomic E-state index is -0.974. The highest BCUT2D eigenvalue weighted by Gasteiger charge is 2.46. The maximum atomic E-state index is 13.2. The first-order chi connectivity index (χ1) is 15.6. The predicted molar refractivity (Wildman–Crippen MR) is 127 cm³/mol. The second kappa shape index (κ2) is 8.67. The largest absolute Gasteiger partial charge is 0.438 e. The molecule has 1 aliphatic heterocycles. The third kappa shape index (κ3) is 4.67. The monoisotopic (exact) mass is 448 g/mol. The molecule has 6 nitrogen and oxygen atoms in total. The van der Waals surface area contributed by atoms with Crippen molar-refractivity contribution in [3.05, 3.63) is 77.2 Å². The number of amides is 1. The lowest BCUT2D eigenvalue weighted by Gasteiger charge is -2.45. The van der Waals surface area contributed by atoms with Crippen molar-refractivity contribution in [2.45, 2.75) is 64.7 Å². The predicted octanol–water partition coefficient (Wildman–Crippen LogP) is 5.92. The summed E-state index contributed by atoms with van der Waals surface area (Å²) >= 11 is 0. The van der Waals surface area contributed by atoms with Crippen LogP contribution in [0, 0.1) is 13.8 Å². The summed E-state index contributed by atoms with van der Waals surface area (Å²) in [5.41, 5.74) is 3.02. The van der Waals surface area contributed by atoms with Crippen LogP contribution >= 0.6 is 0 Å². The van der Waals surface area contributed by atoms with Crippen molar-refractivity contribution in [1.29, 1.82) is 0 Å². The molecular weight excluding hydrogens is 416 g/mol. The van der Waals surface area contributed by atoms with Crippen molar-refractivity contribution >= 4 is 6.09 Å². The summed E-state index contributed by atoms with van der Waals surface area (Å²) in [7, 11) is 0. The van der Waals surface area contributed by atoms with E-state index >= 15 is 0 Å². The van der Waals surface area contributed by atoms with Crippen LogP contribution in [-0.2, 0) is 10.3 Å². The zero-order valence-electron chi connectivity index (χ0n) is 20.0. The normalized spacial score (nSPS) is 19.9. The number of rotatable bonds is 6. The number of ether oxygens (including phenoxy) is 1. The highest BCUT2D eigenvalue weighted by molar-refractivity contribution is 5.71. The van der Waals surface area contributed by atoms with Crippen molar-refractivity contribution in [2.24, 2.45) is 0 Å². The number of carbonyl (C=O) groups excluding carboxylic acids is 1. The molecular formula is C27H32N2O4. The van der Waals surface area contributed by atoms with E-state index in [2.05, 4.69) is 5.16 Å². The van der Waals surface area contributed by atoms with Gasteiger partial charge in [-0.1, -0.05) is 59.8 Å². The van der Waals surface area contributed by atoms with Gasteiger partial charge in [0.15, 0.2) is 0 Å². The van der Waals surface area contributed by atoms with Crippen LogP contribution < -0.4 is 0 Å². The lowest BCUT2D eigenvalue weighted by Crippen LogP contribution is -2.51. The van der Waals surface area contributed by atoms with Gasteiger partial charge in [-0.3, -0.25) is 0 Å². The number of benzene rings is 2. The first kappa shape index (κ1) is 23.1. The van der Waals surface area contributed by atoms with E-state index in [1.165, 1.54) is 0 Å². The Balaban J connectivity index is 1.55. The van der Waals surface area contributed by atoms with Gasteiger partial charge in [-0.05, 0) is 51.3 Å². The van der Waals surface area contributed by atoms with Crippen LogP contribution in [0.2, 0.25) is 0 Å². The standard InChI is InChI=1S/C27H32N2O4/c1-18-24(20(3)33-28-18)22-13-11-21(12-14-22)19(2)29-16-15-27(32-25(29)30,17-26(4,5)31)23-9-7-6-8-10-23/h6-14,19,31H,15-17H2,1-5H3. The van der Waals surface area contributed by atoms with Crippen molar-refractivity contribution < 1.29 is 19.2 Å². The lowest BCUT2D eigenvalue weighted by molar-refractivity contribution is -0.101. The van der Waals surface area contributed by atoms with E-state index in [-0.39, 0.29) is 12.1 Å². The van der Waals surface area contributed by atoms with Crippen LogP contribution in [0.4, 0.5) is 4.79 Å². The van der Waals surface area contributed by atoms with E-state index in [0.29, 0.717) is 19.4 Å². The molecule has 1 saturated heterocycles. The number of aliphatic hydroxyl groups is 1. The molecule has 0 bridgehead atoms. The van der Waals surface area contributed by atoms with Crippen molar-refractivity contribution in [3.63, 3.8) is 0 Å². The molecule has 0 aliphatic carbocycles. The third-order valence-electron chi connectivity index (χ3n) is 6.47. The van der Waals surface area contributed by atoms with Crippen LogP contribution in [0.15, 0.2) is 59.1 Å². The molecule has 4 rings (SSSR count). The van der Waals surface area contributed by atoms with Crippen LogP contribution in [0.25, 0.3) is 11.1 Å². The number of aryl methyl sites for hydroxylation is 2. The molecule has 2 atom stereocenters. The Morgan fingerprint density at radius 3 is 2.33 bits per heavy atom. The van der Waals surface area contributed by atoms with Gasteiger partial charge in [0.25, 0.3) is 0 Å².